The SMILES string of the molecule is CC1CC(NCCCS(C)(=O)=O)C1. The Morgan fingerprint density at radius 3 is 2.46 bits per heavy atom. The van der Waals surface area contributed by atoms with Crippen molar-refractivity contribution in [1.82, 2.24) is 5.32 Å². The lowest BCUT2D eigenvalue weighted by Gasteiger charge is -2.33. The average molecular weight is 205 g/mol. The maximum Gasteiger partial charge on any atom is 0.147 e. The minimum atomic E-state index is -2.76. The van der Waals surface area contributed by atoms with E-state index in [2.05, 4.69) is 12.2 Å². The van der Waals surface area contributed by atoms with Gasteiger partial charge in [0, 0.05) is 12.3 Å². The van der Waals surface area contributed by atoms with Crippen molar-refractivity contribution >= 4 is 9.84 Å². The van der Waals surface area contributed by atoms with Crippen LogP contribution in [-0.2, 0) is 9.84 Å². The quantitative estimate of drug-likeness (QED) is 0.676. The number of sulfone groups is 1. The van der Waals surface area contributed by atoms with Crippen LogP contribution in [0.15, 0.2) is 0 Å². The Balaban J connectivity index is 1.96. The average Bonchev–Trinajstić information content (AvgIpc) is 1.91. The van der Waals surface area contributed by atoms with Gasteiger partial charge in [-0.05, 0) is 31.7 Å². The van der Waals surface area contributed by atoms with Crippen LogP contribution in [0, 0.1) is 5.92 Å². The molecule has 1 aliphatic rings. The molecule has 4 heteroatoms. The van der Waals surface area contributed by atoms with Gasteiger partial charge in [-0.1, -0.05) is 6.92 Å². The number of nitrogens with one attached hydrogen (secondary N) is 1. The summed E-state index contributed by atoms with van der Waals surface area (Å²) in [4.78, 5) is 0. The molecule has 0 aromatic rings. The van der Waals surface area contributed by atoms with Crippen molar-refractivity contribution < 1.29 is 8.42 Å². The Morgan fingerprint density at radius 1 is 1.38 bits per heavy atom. The van der Waals surface area contributed by atoms with Gasteiger partial charge in [0.15, 0.2) is 0 Å². The van der Waals surface area contributed by atoms with E-state index in [1.807, 2.05) is 0 Å². The van der Waals surface area contributed by atoms with E-state index in [4.69, 9.17) is 0 Å². The second-order valence-corrected chi connectivity index (χ2v) is 6.47. The lowest BCUT2D eigenvalue weighted by atomic mass is 9.82. The van der Waals surface area contributed by atoms with Gasteiger partial charge in [0.1, 0.15) is 9.84 Å². The summed E-state index contributed by atoms with van der Waals surface area (Å²) >= 11 is 0. The molecule has 0 spiro atoms. The maximum atomic E-state index is 10.8. The van der Waals surface area contributed by atoms with E-state index >= 15 is 0 Å². The normalized spacial score (nSPS) is 28.5. The first-order chi connectivity index (χ1) is 5.97. The molecule has 13 heavy (non-hydrogen) atoms. The van der Waals surface area contributed by atoms with Crippen molar-refractivity contribution in [2.45, 2.75) is 32.2 Å². The van der Waals surface area contributed by atoms with Crippen LogP contribution in [0.2, 0.25) is 0 Å². The van der Waals surface area contributed by atoms with Crippen LogP contribution in [0.1, 0.15) is 26.2 Å². The Bertz CT molecular complexity index is 242. The standard InChI is InChI=1S/C9H19NO2S/c1-8-6-9(7-8)10-4-3-5-13(2,11)12/h8-10H,3-7H2,1-2H3. The lowest BCUT2D eigenvalue weighted by molar-refractivity contribution is 0.242. The van der Waals surface area contributed by atoms with Crippen LogP contribution in [0.4, 0.5) is 0 Å². The molecule has 1 N–H and O–H groups in total. The summed E-state index contributed by atoms with van der Waals surface area (Å²) in [7, 11) is -2.76. The minimum Gasteiger partial charge on any atom is -0.314 e. The molecule has 0 aromatic heterocycles. The van der Waals surface area contributed by atoms with E-state index in [9.17, 15) is 8.42 Å². The lowest BCUT2D eigenvalue weighted by Crippen LogP contribution is -2.40. The molecule has 1 fully saturated rings. The molecule has 0 unspecified atom stereocenters. The number of rotatable bonds is 5. The van der Waals surface area contributed by atoms with E-state index in [-0.39, 0.29) is 0 Å². The molecule has 78 valence electrons. The largest absolute Gasteiger partial charge is 0.314 e. The van der Waals surface area contributed by atoms with Crippen molar-refractivity contribution in [1.29, 1.82) is 0 Å². The van der Waals surface area contributed by atoms with E-state index in [1.165, 1.54) is 19.1 Å². The molecule has 0 radical (unpaired) electrons. The Hall–Kier alpha value is -0.0900. The maximum absolute atomic E-state index is 10.8. The number of hydrogen-bond donors (Lipinski definition) is 1. The summed E-state index contributed by atoms with van der Waals surface area (Å²) in [5, 5.41) is 3.36. The predicted octanol–water partition coefficient (Wildman–Crippen LogP) is 0.809. The van der Waals surface area contributed by atoms with Crippen LogP contribution in [0.5, 0.6) is 0 Å². The molecule has 0 bridgehead atoms. The summed E-state index contributed by atoms with van der Waals surface area (Å²) in [6.07, 6.45) is 4.53. The van der Waals surface area contributed by atoms with Gasteiger partial charge in [-0.25, -0.2) is 8.42 Å². The molecule has 0 amide bonds. The molecular formula is C9H19NO2S. The minimum absolute atomic E-state index is 0.308. The highest BCUT2D eigenvalue weighted by molar-refractivity contribution is 7.90. The van der Waals surface area contributed by atoms with Crippen LogP contribution in [-0.4, -0.2) is 33.0 Å². The molecule has 3 nitrogen and oxygen atoms in total. The first-order valence-electron chi connectivity index (χ1n) is 4.88. The topological polar surface area (TPSA) is 46.2 Å². The van der Waals surface area contributed by atoms with Gasteiger partial charge in [0.2, 0.25) is 0 Å². The van der Waals surface area contributed by atoms with Crippen molar-refractivity contribution in [2.75, 3.05) is 18.6 Å². The molecule has 1 rings (SSSR count). The van der Waals surface area contributed by atoms with Crippen LogP contribution >= 0.6 is 0 Å². The second-order valence-electron chi connectivity index (χ2n) is 4.21. The fraction of sp³-hybridized carbons (Fsp3) is 1.00. The third-order valence-electron chi connectivity index (χ3n) is 2.50. The molecule has 0 atom stereocenters. The Kier molecular flexibility index (Phi) is 3.74. The van der Waals surface area contributed by atoms with E-state index in [0.717, 1.165) is 18.9 Å². The van der Waals surface area contributed by atoms with Gasteiger partial charge in [-0.3, -0.25) is 0 Å². The van der Waals surface area contributed by atoms with Gasteiger partial charge < -0.3 is 5.32 Å². The van der Waals surface area contributed by atoms with E-state index < -0.39 is 9.84 Å². The third-order valence-corrected chi connectivity index (χ3v) is 3.53. The van der Waals surface area contributed by atoms with Gasteiger partial charge in [-0.15, -0.1) is 0 Å². The molecular weight excluding hydrogens is 186 g/mol. The van der Waals surface area contributed by atoms with Gasteiger partial charge in [0.05, 0.1) is 5.75 Å². The van der Waals surface area contributed by atoms with Crippen molar-refractivity contribution in [2.24, 2.45) is 5.92 Å². The summed E-state index contributed by atoms with van der Waals surface area (Å²) in [5.41, 5.74) is 0. The summed E-state index contributed by atoms with van der Waals surface area (Å²) in [5.74, 6) is 1.16. The molecule has 1 aliphatic carbocycles. The molecule has 0 saturated heterocycles. The Labute approximate surface area is 80.8 Å². The molecule has 0 heterocycles. The molecule has 1 saturated carbocycles. The molecule has 0 aromatic carbocycles. The predicted molar refractivity (Wildman–Crippen MR) is 54.5 cm³/mol. The smallest absolute Gasteiger partial charge is 0.147 e. The highest BCUT2D eigenvalue weighted by Crippen LogP contribution is 2.25. The third kappa shape index (κ3) is 4.62. The van der Waals surface area contributed by atoms with Crippen LogP contribution < -0.4 is 5.32 Å². The first-order valence-corrected chi connectivity index (χ1v) is 6.94. The zero-order valence-corrected chi connectivity index (χ0v) is 9.23. The summed E-state index contributed by atoms with van der Waals surface area (Å²) < 4.78 is 21.6. The zero-order valence-electron chi connectivity index (χ0n) is 8.41. The molecule has 0 aliphatic heterocycles. The monoisotopic (exact) mass is 205 g/mol. The summed E-state index contributed by atoms with van der Waals surface area (Å²) in [6, 6.07) is 0.648. The summed E-state index contributed by atoms with van der Waals surface area (Å²) in [6.45, 7) is 3.08. The van der Waals surface area contributed by atoms with Crippen molar-refractivity contribution in [3.05, 3.63) is 0 Å². The van der Waals surface area contributed by atoms with E-state index in [1.54, 1.807) is 0 Å². The van der Waals surface area contributed by atoms with Gasteiger partial charge in [-0.2, -0.15) is 0 Å². The highest BCUT2D eigenvalue weighted by atomic mass is 32.2. The van der Waals surface area contributed by atoms with Crippen LogP contribution in [0.3, 0.4) is 0 Å². The first kappa shape index (κ1) is 11.0. The van der Waals surface area contributed by atoms with Crippen molar-refractivity contribution in [3.63, 3.8) is 0 Å². The van der Waals surface area contributed by atoms with Crippen molar-refractivity contribution in [3.8, 4) is 0 Å². The van der Waals surface area contributed by atoms with E-state index in [0.29, 0.717) is 11.8 Å². The Morgan fingerprint density at radius 2 is 2.00 bits per heavy atom. The van der Waals surface area contributed by atoms with Gasteiger partial charge in [0.25, 0.3) is 0 Å². The van der Waals surface area contributed by atoms with Crippen LogP contribution in [0.25, 0.3) is 0 Å². The van der Waals surface area contributed by atoms with Gasteiger partial charge >= 0.3 is 0 Å². The fourth-order valence-corrected chi connectivity index (χ4v) is 2.38. The fourth-order valence-electron chi connectivity index (χ4n) is 1.71. The second kappa shape index (κ2) is 4.42. The number of hydrogen-bond acceptors (Lipinski definition) is 3. The highest BCUT2D eigenvalue weighted by Gasteiger charge is 2.24. The zero-order chi connectivity index (χ0) is 9.90.